The van der Waals surface area contributed by atoms with Crippen LogP contribution in [-0.2, 0) is 0 Å². The number of halogens is 5. The maximum absolute atomic E-state index is 12.7. The van der Waals surface area contributed by atoms with Crippen LogP contribution in [-0.4, -0.2) is 13.6 Å². The number of benzene rings is 1. The van der Waals surface area contributed by atoms with E-state index in [1.165, 1.54) is 6.07 Å². The molecule has 0 aliphatic heterocycles. The maximum Gasteiger partial charge on any atom is 1.00 e. The van der Waals surface area contributed by atoms with Gasteiger partial charge in [-0.05, 0) is 12.1 Å². The molecule has 8 heteroatoms. The van der Waals surface area contributed by atoms with Gasteiger partial charge < -0.3 is 17.7 Å². The molecule has 0 unspecified atom stereocenters. The second-order valence-corrected chi connectivity index (χ2v) is 3.50. The maximum atomic E-state index is 12.7. The van der Waals surface area contributed by atoms with E-state index in [1.807, 2.05) is 0 Å². The first kappa shape index (κ1) is 17.5. The van der Waals surface area contributed by atoms with Crippen LogP contribution >= 0.6 is 11.6 Å². The Morgan fingerprint density at radius 2 is 1.94 bits per heavy atom. The molecule has 0 aliphatic rings. The van der Waals surface area contributed by atoms with Crippen molar-refractivity contribution in [2.75, 3.05) is 6.61 Å². The minimum Gasteiger partial charge on any atom is -0.492 e. The summed E-state index contributed by atoms with van der Waals surface area (Å²) in [6, 6.07) is 3.31. The van der Waals surface area contributed by atoms with Gasteiger partial charge >= 0.3 is 58.4 Å². The Morgan fingerprint density at radius 3 is 2.41 bits per heavy atom. The molecule has 0 atom stereocenters. The molecule has 0 saturated carbocycles. The summed E-state index contributed by atoms with van der Waals surface area (Å²) in [5.74, 6) is -0.597. The predicted octanol–water partition coefficient (Wildman–Crippen LogP) is 0.805. The van der Waals surface area contributed by atoms with Gasteiger partial charge in [0.2, 0.25) is 0 Å². The molecule has 17 heavy (non-hydrogen) atoms. The van der Waals surface area contributed by atoms with E-state index in [9.17, 15) is 17.3 Å². The van der Waals surface area contributed by atoms with E-state index < -0.39 is 24.9 Å². The third kappa shape index (κ3) is 5.76. The SMILES string of the molecule is C=C(COc1ccc(F)c(Cl)c1)[B-](F)(F)F.[K+]. The molecule has 0 aromatic heterocycles. The molecule has 0 saturated heterocycles. The molecule has 88 valence electrons. The molecule has 0 aliphatic carbocycles. The fourth-order valence-corrected chi connectivity index (χ4v) is 1.01. The van der Waals surface area contributed by atoms with E-state index >= 15 is 0 Å². The normalized spacial score (nSPS) is 10.6. The molecular formula is C9H7BClF4KO. The van der Waals surface area contributed by atoms with Crippen LogP contribution in [0, 0.1) is 5.82 Å². The predicted molar refractivity (Wildman–Crippen MR) is 55.1 cm³/mol. The van der Waals surface area contributed by atoms with Crippen molar-refractivity contribution >= 4 is 18.6 Å². The molecule has 0 bridgehead atoms. The van der Waals surface area contributed by atoms with Crippen molar-refractivity contribution < 1.29 is 73.5 Å². The largest absolute Gasteiger partial charge is 1.00 e. The Balaban J connectivity index is 0.00000256. The van der Waals surface area contributed by atoms with Gasteiger partial charge in [-0.25, -0.2) is 4.39 Å². The van der Waals surface area contributed by atoms with Gasteiger partial charge in [0, 0.05) is 6.07 Å². The summed E-state index contributed by atoms with van der Waals surface area (Å²) in [7, 11) is 0. The van der Waals surface area contributed by atoms with Crippen molar-refractivity contribution in [2.24, 2.45) is 0 Å². The average Bonchev–Trinajstić information content (AvgIpc) is 2.18. The molecule has 0 spiro atoms. The summed E-state index contributed by atoms with van der Waals surface area (Å²) in [6.45, 7) is -2.95. The molecule has 1 aromatic rings. The van der Waals surface area contributed by atoms with Gasteiger partial charge in [0.1, 0.15) is 11.6 Å². The first-order valence-corrected chi connectivity index (χ1v) is 4.64. The first-order chi connectivity index (χ1) is 7.30. The smallest absolute Gasteiger partial charge is 0.492 e. The Bertz CT molecular complexity index is 410. The Kier molecular flexibility index (Phi) is 7.36. The molecule has 1 aromatic carbocycles. The fourth-order valence-electron chi connectivity index (χ4n) is 0.837. The van der Waals surface area contributed by atoms with Crippen LogP contribution in [0.15, 0.2) is 30.3 Å². The second kappa shape index (κ2) is 7.16. The zero-order valence-corrected chi connectivity index (χ0v) is 12.9. The summed E-state index contributed by atoms with van der Waals surface area (Å²) in [6.07, 6.45) is 0. The van der Waals surface area contributed by atoms with Crippen molar-refractivity contribution in [3.8, 4) is 5.75 Å². The van der Waals surface area contributed by atoms with E-state index in [1.54, 1.807) is 0 Å². The van der Waals surface area contributed by atoms with Crippen LogP contribution in [0.2, 0.25) is 5.02 Å². The quantitative estimate of drug-likeness (QED) is 0.589. The molecule has 1 rings (SSSR count). The number of hydrogen-bond donors (Lipinski definition) is 0. The third-order valence-electron chi connectivity index (χ3n) is 1.78. The second-order valence-electron chi connectivity index (χ2n) is 3.10. The van der Waals surface area contributed by atoms with Crippen molar-refractivity contribution in [2.45, 2.75) is 0 Å². The van der Waals surface area contributed by atoms with Gasteiger partial charge in [0.05, 0.1) is 11.6 Å². The van der Waals surface area contributed by atoms with Crippen molar-refractivity contribution in [3.05, 3.63) is 41.1 Å². The summed E-state index contributed by atoms with van der Waals surface area (Å²) in [5.41, 5.74) is -0.958. The minimum absolute atomic E-state index is 0. The third-order valence-corrected chi connectivity index (χ3v) is 2.07. The summed E-state index contributed by atoms with van der Waals surface area (Å²) in [5, 5.41) is -0.208. The summed E-state index contributed by atoms with van der Waals surface area (Å²) < 4.78 is 53.8. The van der Waals surface area contributed by atoms with Gasteiger partial charge in [0.15, 0.2) is 0 Å². The van der Waals surface area contributed by atoms with Crippen molar-refractivity contribution in [1.82, 2.24) is 0 Å². The van der Waals surface area contributed by atoms with Crippen molar-refractivity contribution in [1.29, 1.82) is 0 Å². The Hall–Kier alpha value is 0.471. The topological polar surface area (TPSA) is 9.23 Å². The van der Waals surface area contributed by atoms with Gasteiger partial charge in [-0.1, -0.05) is 11.6 Å². The van der Waals surface area contributed by atoms with E-state index in [4.69, 9.17) is 16.3 Å². The fraction of sp³-hybridized carbons (Fsp3) is 0.111. The standard InChI is InChI=1S/C9H7BClF4O.K/c1-6(10(13,14)15)5-16-7-2-3-9(12)8(11)4-7;/h2-4H,1,5H2;/q-1;+1. The average molecular weight is 293 g/mol. The molecule has 0 radical (unpaired) electrons. The monoisotopic (exact) mass is 292 g/mol. The summed E-state index contributed by atoms with van der Waals surface area (Å²) in [4.78, 5) is 0. The van der Waals surface area contributed by atoms with Crippen LogP contribution < -0.4 is 56.1 Å². The molecule has 0 heterocycles. The van der Waals surface area contributed by atoms with Gasteiger partial charge in [-0.2, -0.15) is 0 Å². The molecule has 0 amide bonds. The number of ether oxygens (including phenoxy) is 1. The van der Waals surface area contributed by atoms with Crippen LogP contribution in [0.5, 0.6) is 5.75 Å². The van der Waals surface area contributed by atoms with E-state index in [-0.39, 0.29) is 62.2 Å². The number of rotatable bonds is 4. The Morgan fingerprint density at radius 1 is 1.35 bits per heavy atom. The van der Waals surface area contributed by atoms with E-state index in [2.05, 4.69) is 6.58 Å². The van der Waals surface area contributed by atoms with Crippen LogP contribution in [0.25, 0.3) is 0 Å². The molecule has 0 fully saturated rings. The van der Waals surface area contributed by atoms with Crippen LogP contribution in [0.3, 0.4) is 0 Å². The molecule has 0 N–H and O–H groups in total. The zero-order chi connectivity index (χ0) is 12.3. The van der Waals surface area contributed by atoms with Crippen LogP contribution in [0.4, 0.5) is 17.3 Å². The Labute approximate surface area is 144 Å². The van der Waals surface area contributed by atoms with Gasteiger partial charge in [-0.15, -0.1) is 12.1 Å². The van der Waals surface area contributed by atoms with E-state index in [0.29, 0.717) is 0 Å². The minimum atomic E-state index is -5.11. The zero-order valence-electron chi connectivity index (χ0n) is 9.02. The van der Waals surface area contributed by atoms with E-state index in [0.717, 1.165) is 12.1 Å². The van der Waals surface area contributed by atoms with Crippen molar-refractivity contribution in [3.63, 3.8) is 0 Å². The van der Waals surface area contributed by atoms with Gasteiger partial charge in [0.25, 0.3) is 0 Å². The molecular weight excluding hydrogens is 285 g/mol. The number of hydrogen-bond acceptors (Lipinski definition) is 1. The summed E-state index contributed by atoms with van der Waals surface area (Å²) >= 11 is 5.42. The first-order valence-electron chi connectivity index (χ1n) is 4.26. The molecule has 1 nitrogen and oxygen atoms in total. The van der Waals surface area contributed by atoms with Gasteiger partial charge in [-0.3, -0.25) is 0 Å². The van der Waals surface area contributed by atoms with Crippen LogP contribution in [0.1, 0.15) is 0 Å².